The van der Waals surface area contributed by atoms with Gasteiger partial charge in [0.15, 0.2) is 11.8 Å². The molecule has 0 aliphatic carbocycles. The molecule has 19 heteroatoms. The Hall–Kier alpha value is -6.34. The third kappa shape index (κ3) is 16.1. The molecule has 376 valence electrons. The summed E-state index contributed by atoms with van der Waals surface area (Å²) in [5, 5.41) is 20.0. The van der Waals surface area contributed by atoms with Crippen molar-refractivity contribution >= 4 is 63.2 Å². The van der Waals surface area contributed by atoms with Gasteiger partial charge in [0.2, 0.25) is 29.5 Å². The number of unbranched alkanes of at least 4 members (excludes halogenated alkanes) is 3. The van der Waals surface area contributed by atoms with Crippen molar-refractivity contribution in [1.29, 1.82) is 5.41 Å². The summed E-state index contributed by atoms with van der Waals surface area (Å²) in [6, 6.07) is 14.8. The number of anilines is 1. The van der Waals surface area contributed by atoms with Crippen LogP contribution < -0.4 is 49.3 Å². The van der Waals surface area contributed by atoms with E-state index in [1.807, 2.05) is 56.3 Å². The summed E-state index contributed by atoms with van der Waals surface area (Å²) in [6.45, 7) is 8.19. The third-order valence-corrected chi connectivity index (χ3v) is 12.4. The Balaban J connectivity index is 1.32. The van der Waals surface area contributed by atoms with Gasteiger partial charge in [0.1, 0.15) is 29.5 Å². The summed E-state index contributed by atoms with van der Waals surface area (Å²) < 4.78 is 2.25. The van der Waals surface area contributed by atoms with Crippen LogP contribution in [0.5, 0.6) is 0 Å². The number of likely N-dealkylation sites (tertiary alicyclic amines) is 1. The van der Waals surface area contributed by atoms with Gasteiger partial charge in [-0.2, -0.15) is 0 Å². The lowest BCUT2D eigenvalue weighted by molar-refractivity contribution is -0.139. The number of imidazole rings is 1. The maximum absolute atomic E-state index is 14.5. The molecule has 4 atom stereocenters. The van der Waals surface area contributed by atoms with E-state index in [1.54, 1.807) is 4.90 Å². The predicted molar refractivity (Wildman–Crippen MR) is 271 cm³/mol. The van der Waals surface area contributed by atoms with Crippen LogP contribution in [0.25, 0.3) is 21.9 Å². The number of amides is 5. The number of pyridine rings is 1. The molecule has 19 nitrogen and oxygen atoms in total. The first-order valence-corrected chi connectivity index (χ1v) is 24.9. The highest BCUT2D eigenvalue weighted by Gasteiger charge is 2.36. The van der Waals surface area contributed by atoms with Crippen molar-refractivity contribution in [2.24, 2.45) is 23.1 Å². The molecule has 0 spiro atoms. The summed E-state index contributed by atoms with van der Waals surface area (Å²) in [4.78, 5) is 80.9. The zero-order valence-corrected chi connectivity index (χ0v) is 40.8. The van der Waals surface area contributed by atoms with E-state index in [9.17, 15) is 24.0 Å². The van der Waals surface area contributed by atoms with Gasteiger partial charge in [-0.05, 0) is 101 Å². The molecule has 5 amide bonds. The Morgan fingerprint density at radius 2 is 1.51 bits per heavy atom. The molecular formula is C50H76N14O5. The number of hydrogen-bond donors (Lipinski definition) is 10. The van der Waals surface area contributed by atoms with Gasteiger partial charge in [-0.25, -0.2) is 9.97 Å². The molecule has 4 aromatic rings. The highest BCUT2D eigenvalue weighted by Crippen LogP contribution is 2.31. The number of benzene rings is 2. The number of nitrogens with zero attached hydrogens (tertiary/aromatic N) is 4. The summed E-state index contributed by atoms with van der Waals surface area (Å²) in [5.41, 5.74) is 26.3. The number of para-hydroxylation sites is 1. The maximum Gasteiger partial charge on any atom is 0.245 e. The highest BCUT2D eigenvalue weighted by molar-refractivity contribution is 6.07. The first-order chi connectivity index (χ1) is 33.3. The molecule has 0 saturated carbocycles. The van der Waals surface area contributed by atoms with Crippen LogP contribution in [0.2, 0.25) is 0 Å². The van der Waals surface area contributed by atoms with Crippen LogP contribution >= 0.6 is 0 Å². The van der Waals surface area contributed by atoms with E-state index in [-0.39, 0.29) is 61.8 Å². The fourth-order valence-electron chi connectivity index (χ4n) is 8.86. The van der Waals surface area contributed by atoms with Gasteiger partial charge in [-0.1, -0.05) is 75.7 Å². The van der Waals surface area contributed by atoms with Crippen LogP contribution in [0.3, 0.4) is 0 Å². The SMILES string of the molecule is CCCCc1nc2c(NNC(=O)CC3CCCN3C(=O)C(CCCNC(=N)N)NC(=O)C(CC(C)C)NC(=O)C(CCCCN)NC(=O)CCCCN)nc3ccccc3c2n1Cc1ccccc1. The molecule has 1 aliphatic heterocycles. The lowest BCUT2D eigenvalue weighted by Crippen LogP contribution is -2.57. The van der Waals surface area contributed by atoms with Crippen molar-refractivity contribution in [3.63, 3.8) is 0 Å². The van der Waals surface area contributed by atoms with Gasteiger partial charge in [0.05, 0.1) is 11.0 Å². The molecule has 1 aliphatic rings. The molecular weight excluding hydrogens is 877 g/mol. The average molecular weight is 953 g/mol. The number of aromatic nitrogens is 3. The van der Waals surface area contributed by atoms with Gasteiger partial charge < -0.3 is 47.9 Å². The molecule has 2 aromatic heterocycles. The smallest absolute Gasteiger partial charge is 0.245 e. The standard InChI is InChI=1S/C50H76N14O5/c1-4-5-24-41-60-44-45(64(41)32-34-17-7-6-8-18-34)36-20-9-10-21-37(36)57-46(44)62-61-43(66)31-35-19-16-29-63(35)49(69)39(23-15-28-55-50(53)54)58-48(68)40(30-33(2)3)59-47(67)38(22-11-13-26-51)56-42(65)25-12-14-27-52/h6-10,17-18,20-21,33,35,38-40H,4-5,11-16,19,22-32,51-52H2,1-3H3,(H,56,65)(H,57,62)(H,58,68)(H,59,67)(H,61,66)(H4,53,54,55). The van der Waals surface area contributed by atoms with Gasteiger partial charge in [-0.15, -0.1) is 0 Å². The number of carbonyl (C=O) groups excluding carboxylic acids is 5. The van der Waals surface area contributed by atoms with E-state index in [4.69, 9.17) is 32.6 Å². The number of fused-ring (bicyclic) bond motifs is 3. The molecule has 3 heterocycles. The monoisotopic (exact) mass is 953 g/mol. The average Bonchev–Trinajstić information content (AvgIpc) is 3.94. The minimum Gasteiger partial charge on any atom is -0.370 e. The Morgan fingerprint density at radius 1 is 0.812 bits per heavy atom. The van der Waals surface area contributed by atoms with Crippen LogP contribution in [0.1, 0.15) is 122 Å². The second kappa shape index (κ2) is 27.6. The van der Waals surface area contributed by atoms with Crippen molar-refractivity contribution in [2.75, 3.05) is 31.6 Å². The van der Waals surface area contributed by atoms with Crippen molar-refractivity contribution < 1.29 is 24.0 Å². The number of nitrogens with two attached hydrogens (primary N) is 3. The summed E-state index contributed by atoms with van der Waals surface area (Å²) in [7, 11) is 0. The van der Waals surface area contributed by atoms with Crippen molar-refractivity contribution in [1.82, 2.24) is 46.1 Å². The largest absolute Gasteiger partial charge is 0.370 e. The Labute approximate surface area is 406 Å². The summed E-state index contributed by atoms with van der Waals surface area (Å²) >= 11 is 0. The molecule has 1 fully saturated rings. The van der Waals surface area contributed by atoms with Crippen molar-refractivity contribution in [2.45, 2.75) is 148 Å². The van der Waals surface area contributed by atoms with Gasteiger partial charge >= 0.3 is 0 Å². The Morgan fingerprint density at radius 3 is 2.23 bits per heavy atom. The van der Waals surface area contributed by atoms with Crippen LogP contribution in [-0.4, -0.2) is 105 Å². The van der Waals surface area contributed by atoms with Crippen LogP contribution in [0, 0.1) is 11.3 Å². The van der Waals surface area contributed by atoms with Crippen molar-refractivity contribution in [3.05, 3.63) is 66.0 Å². The lowest BCUT2D eigenvalue weighted by atomic mass is 10.0. The minimum absolute atomic E-state index is 0.0122. The second-order valence-corrected chi connectivity index (χ2v) is 18.5. The molecule has 1 saturated heterocycles. The fourth-order valence-corrected chi connectivity index (χ4v) is 8.86. The number of carbonyl (C=O) groups is 5. The van der Waals surface area contributed by atoms with E-state index in [0.29, 0.717) is 88.9 Å². The molecule has 69 heavy (non-hydrogen) atoms. The molecule has 13 N–H and O–H groups in total. The summed E-state index contributed by atoms with van der Waals surface area (Å²) in [6.07, 6.45) is 7.90. The first-order valence-electron chi connectivity index (χ1n) is 24.9. The Kier molecular flexibility index (Phi) is 21.4. The zero-order valence-electron chi connectivity index (χ0n) is 40.8. The van der Waals surface area contributed by atoms with Crippen LogP contribution in [0.4, 0.5) is 5.82 Å². The van der Waals surface area contributed by atoms with Gasteiger partial charge in [0, 0.05) is 50.3 Å². The topological polar surface area (TPSA) is 293 Å². The van der Waals surface area contributed by atoms with Gasteiger partial charge in [-0.3, -0.25) is 40.2 Å². The number of rotatable bonds is 29. The van der Waals surface area contributed by atoms with Crippen LogP contribution in [0.15, 0.2) is 54.6 Å². The molecule has 0 bridgehead atoms. The van der Waals surface area contributed by atoms with E-state index in [1.165, 1.54) is 0 Å². The highest BCUT2D eigenvalue weighted by atomic mass is 16.2. The Bertz CT molecular complexity index is 2320. The quantitative estimate of drug-likeness (QED) is 0.0161. The third-order valence-electron chi connectivity index (χ3n) is 12.4. The fraction of sp³-hybridized carbons (Fsp3) is 0.560. The maximum atomic E-state index is 14.5. The van der Waals surface area contributed by atoms with E-state index in [2.05, 4.69) is 55.7 Å². The number of hydrogen-bond acceptors (Lipinski definition) is 11. The number of guanidine groups is 1. The number of hydrazine groups is 1. The van der Waals surface area contributed by atoms with Crippen molar-refractivity contribution in [3.8, 4) is 0 Å². The molecule has 5 rings (SSSR count). The van der Waals surface area contributed by atoms with E-state index < -0.39 is 36.0 Å². The molecule has 0 radical (unpaired) electrons. The first kappa shape index (κ1) is 53.6. The zero-order chi connectivity index (χ0) is 49.7. The predicted octanol–water partition coefficient (Wildman–Crippen LogP) is 3.82. The van der Waals surface area contributed by atoms with E-state index >= 15 is 0 Å². The number of aryl methyl sites for hydroxylation is 1. The summed E-state index contributed by atoms with van der Waals surface area (Å²) in [5.74, 6) is -0.901. The lowest BCUT2D eigenvalue weighted by Gasteiger charge is -2.31. The number of nitrogens with one attached hydrogen (secondary N) is 7. The minimum atomic E-state index is -1.01. The van der Waals surface area contributed by atoms with E-state index in [0.717, 1.165) is 47.1 Å². The van der Waals surface area contributed by atoms with Crippen LogP contribution in [-0.2, 0) is 36.9 Å². The van der Waals surface area contributed by atoms with Gasteiger partial charge in [0.25, 0.3) is 0 Å². The molecule has 4 unspecified atom stereocenters. The molecule has 2 aromatic carbocycles. The second-order valence-electron chi connectivity index (χ2n) is 18.5. The normalized spacial score (nSPS) is 14.9.